The maximum atomic E-state index is 12.2. The predicted molar refractivity (Wildman–Crippen MR) is 127 cm³/mol. The molecule has 32 heavy (non-hydrogen) atoms. The summed E-state index contributed by atoms with van der Waals surface area (Å²) in [6, 6.07) is 17.7. The number of aromatic nitrogens is 2. The van der Waals surface area contributed by atoms with Crippen molar-refractivity contribution in [1.29, 1.82) is 0 Å². The SMILES string of the molecule is Cl.O=C(NO)c1c(Cl)c(-c2ccc(-c3ccc(CCCO)cc3)cc2)nc2ccncc12. The van der Waals surface area contributed by atoms with Crippen LogP contribution in [-0.2, 0) is 6.42 Å². The molecule has 0 unspecified atom stereocenters. The van der Waals surface area contributed by atoms with Gasteiger partial charge in [-0.25, -0.2) is 10.5 Å². The number of carbonyl (C=O) groups is 1. The Hall–Kier alpha value is -3.03. The Labute approximate surface area is 196 Å². The molecule has 0 aliphatic heterocycles. The molecule has 0 spiro atoms. The Bertz CT molecular complexity index is 1230. The molecule has 0 fully saturated rings. The van der Waals surface area contributed by atoms with E-state index in [4.69, 9.17) is 21.9 Å². The van der Waals surface area contributed by atoms with Crippen LogP contribution in [0.3, 0.4) is 0 Å². The van der Waals surface area contributed by atoms with Gasteiger partial charge in [0.05, 0.1) is 21.8 Å². The van der Waals surface area contributed by atoms with Crippen molar-refractivity contribution in [2.24, 2.45) is 0 Å². The van der Waals surface area contributed by atoms with E-state index in [1.54, 1.807) is 17.7 Å². The number of halogens is 2. The lowest BCUT2D eigenvalue weighted by atomic mass is 9.99. The number of aryl methyl sites for hydroxylation is 1. The molecule has 164 valence electrons. The van der Waals surface area contributed by atoms with Gasteiger partial charge in [-0.1, -0.05) is 60.1 Å². The van der Waals surface area contributed by atoms with E-state index >= 15 is 0 Å². The number of hydrogen-bond acceptors (Lipinski definition) is 5. The number of carbonyl (C=O) groups excluding carboxylic acids is 1. The first kappa shape index (κ1) is 23.6. The minimum absolute atomic E-state index is 0. The molecule has 0 aliphatic rings. The third-order valence-electron chi connectivity index (χ3n) is 5.12. The number of fused-ring (bicyclic) bond motifs is 1. The van der Waals surface area contributed by atoms with Gasteiger partial charge in [0.15, 0.2) is 0 Å². The number of pyridine rings is 2. The molecule has 2 aromatic heterocycles. The lowest BCUT2D eigenvalue weighted by Crippen LogP contribution is -2.20. The summed E-state index contributed by atoms with van der Waals surface area (Å²) in [5.74, 6) is -0.718. The van der Waals surface area contributed by atoms with Crippen LogP contribution in [-0.4, -0.2) is 32.8 Å². The summed E-state index contributed by atoms with van der Waals surface area (Å²) in [6.07, 6.45) is 4.68. The minimum atomic E-state index is -0.718. The normalized spacial score (nSPS) is 10.6. The Balaban J connectivity index is 0.00000289. The van der Waals surface area contributed by atoms with Gasteiger partial charge in [0.25, 0.3) is 5.91 Å². The van der Waals surface area contributed by atoms with Crippen LogP contribution in [0.15, 0.2) is 67.0 Å². The number of rotatable bonds is 6. The highest BCUT2D eigenvalue weighted by molar-refractivity contribution is 6.37. The average Bonchev–Trinajstić information content (AvgIpc) is 2.82. The fraction of sp³-hybridized carbons (Fsp3) is 0.125. The predicted octanol–water partition coefficient (Wildman–Crippen LogP) is 5.08. The van der Waals surface area contributed by atoms with Crippen molar-refractivity contribution < 1.29 is 15.1 Å². The molecule has 3 N–H and O–H groups in total. The summed E-state index contributed by atoms with van der Waals surface area (Å²) in [5.41, 5.74) is 6.81. The van der Waals surface area contributed by atoms with E-state index in [-0.39, 0.29) is 29.6 Å². The number of amides is 1. The molecule has 0 bridgehead atoms. The highest BCUT2D eigenvalue weighted by Crippen LogP contribution is 2.34. The highest BCUT2D eigenvalue weighted by atomic mass is 35.5. The van der Waals surface area contributed by atoms with Gasteiger partial charge in [-0.05, 0) is 35.6 Å². The molecule has 0 saturated carbocycles. The van der Waals surface area contributed by atoms with Crippen molar-refractivity contribution in [3.05, 3.63) is 83.1 Å². The Morgan fingerprint density at radius 3 is 2.22 bits per heavy atom. The summed E-state index contributed by atoms with van der Waals surface area (Å²) in [6.45, 7) is 0.187. The van der Waals surface area contributed by atoms with E-state index in [2.05, 4.69) is 34.2 Å². The first-order chi connectivity index (χ1) is 15.1. The fourth-order valence-corrected chi connectivity index (χ4v) is 3.86. The first-order valence-corrected chi connectivity index (χ1v) is 10.2. The largest absolute Gasteiger partial charge is 0.396 e. The minimum Gasteiger partial charge on any atom is -0.396 e. The maximum Gasteiger partial charge on any atom is 0.276 e. The van der Waals surface area contributed by atoms with Crippen molar-refractivity contribution in [3.63, 3.8) is 0 Å². The van der Waals surface area contributed by atoms with Crippen molar-refractivity contribution in [2.45, 2.75) is 12.8 Å². The molecule has 4 rings (SSSR count). The van der Waals surface area contributed by atoms with Crippen LogP contribution in [0.5, 0.6) is 0 Å². The van der Waals surface area contributed by atoms with Gasteiger partial charge < -0.3 is 5.11 Å². The van der Waals surface area contributed by atoms with Crippen LogP contribution in [0.4, 0.5) is 0 Å². The Morgan fingerprint density at radius 2 is 1.59 bits per heavy atom. The summed E-state index contributed by atoms with van der Waals surface area (Å²) in [5, 5.41) is 18.7. The van der Waals surface area contributed by atoms with Crippen LogP contribution >= 0.6 is 24.0 Å². The number of hydrogen-bond donors (Lipinski definition) is 3. The molecule has 1 amide bonds. The van der Waals surface area contributed by atoms with E-state index in [9.17, 15) is 4.79 Å². The number of aliphatic hydroxyl groups excluding tert-OH is 1. The monoisotopic (exact) mass is 469 g/mol. The second-order valence-corrected chi connectivity index (χ2v) is 7.46. The lowest BCUT2D eigenvalue weighted by Gasteiger charge is -2.12. The first-order valence-electron chi connectivity index (χ1n) is 9.80. The summed E-state index contributed by atoms with van der Waals surface area (Å²) < 4.78 is 0. The fourth-order valence-electron chi connectivity index (χ4n) is 3.52. The van der Waals surface area contributed by atoms with Gasteiger partial charge >= 0.3 is 0 Å². The number of nitrogens with one attached hydrogen (secondary N) is 1. The zero-order chi connectivity index (χ0) is 21.8. The number of nitrogens with zero attached hydrogens (tertiary/aromatic N) is 2. The van der Waals surface area contributed by atoms with E-state index in [0.29, 0.717) is 16.6 Å². The number of benzene rings is 2. The third kappa shape index (κ3) is 4.74. The van der Waals surface area contributed by atoms with Crippen LogP contribution in [0.2, 0.25) is 5.02 Å². The van der Waals surface area contributed by atoms with Crippen molar-refractivity contribution in [3.8, 4) is 22.4 Å². The van der Waals surface area contributed by atoms with E-state index < -0.39 is 5.91 Å². The van der Waals surface area contributed by atoms with Gasteiger partial charge in [-0.3, -0.25) is 15.0 Å². The smallest absolute Gasteiger partial charge is 0.276 e. The zero-order valence-electron chi connectivity index (χ0n) is 17.0. The topological polar surface area (TPSA) is 95.3 Å². The summed E-state index contributed by atoms with van der Waals surface area (Å²) in [4.78, 5) is 20.9. The second-order valence-electron chi connectivity index (χ2n) is 7.08. The summed E-state index contributed by atoms with van der Waals surface area (Å²) >= 11 is 6.53. The third-order valence-corrected chi connectivity index (χ3v) is 5.49. The van der Waals surface area contributed by atoms with E-state index in [0.717, 1.165) is 29.5 Å². The average molecular weight is 470 g/mol. The summed E-state index contributed by atoms with van der Waals surface area (Å²) in [7, 11) is 0. The van der Waals surface area contributed by atoms with Crippen molar-refractivity contribution in [2.75, 3.05) is 6.61 Å². The molecule has 6 nitrogen and oxygen atoms in total. The van der Waals surface area contributed by atoms with Crippen LogP contribution in [0.1, 0.15) is 22.3 Å². The maximum absolute atomic E-state index is 12.2. The Kier molecular flexibility index (Phi) is 7.77. The van der Waals surface area contributed by atoms with E-state index in [1.807, 2.05) is 24.3 Å². The molecule has 0 saturated heterocycles. The van der Waals surface area contributed by atoms with Gasteiger partial charge in [0.2, 0.25) is 0 Å². The van der Waals surface area contributed by atoms with E-state index in [1.165, 1.54) is 11.8 Å². The molecular weight excluding hydrogens is 449 g/mol. The lowest BCUT2D eigenvalue weighted by molar-refractivity contribution is 0.0708. The standard InChI is InChI=1S/C24H20ClN3O3.ClH/c25-22-21(24(30)28-31)19-14-26-12-11-20(19)27-23(22)18-9-7-17(8-10-18)16-5-3-15(4-6-16)2-1-13-29;/h3-12,14,29,31H,1-2,13H2,(H,28,30);1H. The van der Waals surface area contributed by atoms with Crippen LogP contribution < -0.4 is 5.48 Å². The molecule has 8 heteroatoms. The Morgan fingerprint density at radius 1 is 0.969 bits per heavy atom. The quantitative estimate of drug-likeness (QED) is 0.270. The van der Waals surface area contributed by atoms with Crippen molar-refractivity contribution >= 4 is 40.8 Å². The van der Waals surface area contributed by atoms with Gasteiger partial charge in [0.1, 0.15) is 0 Å². The van der Waals surface area contributed by atoms with Crippen LogP contribution in [0.25, 0.3) is 33.3 Å². The molecular formula is C24H21Cl2N3O3. The molecule has 4 aromatic rings. The molecule has 2 aromatic carbocycles. The second kappa shape index (κ2) is 10.5. The molecule has 0 atom stereocenters. The van der Waals surface area contributed by atoms with Gasteiger partial charge in [0, 0.05) is 30.0 Å². The van der Waals surface area contributed by atoms with Crippen molar-refractivity contribution in [1.82, 2.24) is 15.4 Å². The number of hydroxylamine groups is 1. The highest BCUT2D eigenvalue weighted by Gasteiger charge is 2.20. The van der Waals surface area contributed by atoms with Gasteiger partial charge in [-0.2, -0.15) is 0 Å². The molecule has 0 aliphatic carbocycles. The molecule has 2 heterocycles. The number of aliphatic hydroxyl groups is 1. The van der Waals surface area contributed by atoms with Gasteiger partial charge in [-0.15, -0.1) is 12.4 Å². The van der Waals surface area contributed by atoms with Crippen LogP contribution in [0, 0.1) is 0 Å². The molecule has 0 radical (unpaired) electrons. The zero-order valence-corrected chi connectivity index (χ0v) is 18.5.